The van der Waals surface area contributed by atoms with Gasteiger partial charge < -0.3 is 9.63 Å². The molecule has 2 aromatic rings. The predicted molar refractivity (Wildman–Crippen MR) is 59.5 cm³/mol. The lowest BCUT2D eigenvalue weighted by Crippen LogP contribution is -2.24. The molecule has 2 aromatic heterocycles. The van der Waals surface area contributed by atoms with Gasteiger partial charge >= 0.3 is 5.97 Å². The first-order valence-corrected chi connectivity index (χ1v) is 6.41. The van der Waals surface area contributed by atoms with Crippen molar-refractivity contribution >= 4 is 16.0 Å². The van der Waals surface area contributed by atoms with Gasteiger partial charge in [-0.1, -0.05) is 5.16 Å². The SMILES string of the molecule is O=C(O)c1ccc(S(=O)(=O)NCc2ncon2)nc1. The van der Waals surface area contributed by atoms with Gasteiger partial charge in [0.25, 0.3) is 10.0 Å². The first-order valence-electron chi connectivity index (χ1n) is 4.93. The molecule has 9 nitrogen and oxygen atoms in total. The maximum atomic E-state index is 11.8. The average molecular weight is 284 g/mol. The number of sulfonamides is 1. The number of rotatable bonds is 5. The second-order valence-electron chi connectivity index (χ2n) is 3.36. The van der Waals surface area contributed by atoms with Crippen LogP contribution < -0.4 is 4.72 Å². The van der Waals surface area contributed by atoms with Crippen LogP contribution in [0.4, 0.5) is 0 Å². The van der Waals surface area contributed by atoms with Crippen LogP contribution in [0.15, 0.2) is 34.3 Å². The first kappa shape index (κ1) is 13.1. The number of pyridine rings is 1. The second-order valence-corrected chi connectivity index (χ2v) is 5.08. The van der Waals surface area contributed by atoms with Crippen LogP contribution >= 0.6 is 0 Å². The Bertz CT molecular complexity index is 665. The zero-order valence-corrected chi connectivity index (χ0v) is 10.2. The van der Waals surface area contributed by atoms with E-state index in [1.54, 1.807) is 0 Å². The average Bonchev–Trinajstić information content (AvgIpc) is 2.90. The van der Waals surface area contributed by atoms with Crippen molar-refractivity contribution < 1.29 is 22.8 Å². The summed E-state index contributed by atoms with van der Waals surface area (Å²) in [6, 6.07) is 2.25. The largest absolute Gasteiger partial charge is 0.478 e. The number of hydrogen-bond acceptors (Lipinski definition) is 7. The van der Waals surface area contributed by atoms with Crippen LogP contribution in [0.3, 0.4) is 0 Å². The maximum Gasteiger partial charge on any atom is 0.337 e. The number of carboxylic acids is 1. The number of nitrogens with zero attached hydrogens (tertiary/aromatic N) is 3. The summed E-state index contributed by atoms with van der Waals surface area (Å²) in [5.41, 5.74) is -0.0999. The fourth-order valence-corrected chi connectivity index (χ4v) is 2.08. The van der Waals surface area contributed by atoms with Crippen molar-refractivity contribution in [3.63, 3.8) is 0 Å². The number of carbonyl (C=O) groups is 1. The number of aromatic nitrogens is 3. The van der Waals surface area contributed by atoms with Crippen molar-refractivity contribution in [1.29, 1.82) is 0 Å². The highest BCUT2D eigenvalue weighted by atomic mass is 32.2. The van der Waals surface area contributed by atoms with Gasteiger partial charge in [-0.3, -0.25) is 0 Å². The molecule has 0 unspecified atom stereocenters. The molecule has 0 saturated carbocycles. The molecule has 0 aliphatic carbocycles. The Morgan fingerprint density at radius 3 is 2.68 bits per heavy atom. The zero-order valence-electron chi connectivity index (χ0n) is 9.35. The van der Waals surface area contributed by atoms with E-state index in [0.717, 1.165) is 24.7 Å². The van der Waals surface area contributed by atoms with Gasteiger partial charge in [0, 0.05) is 6.20 Å². The molecular weight excluding hydrogens is 276 g/mol. The van der Waals surface area contributed by atoms with Crippen LogP contribution in [-0.2, 0) is 16.6 Å². The Labute approximate surface area is 107 Å². The van der Waals surface area contributed by atoms with Crippen molar-refractivity contribution in [3.8, 4) is 0 Å². The van der Waals surface area contributed by atoms with Crippen LogP contribution in [0.5, 0.6) is 0 Å². The van der Waals surface area contributed by atoms with Gasteiger partial charge in [0.05, 0.1) is 12.1 Å². The molecule has 0 radical (unpaired) electrons. The predicted octanol–water partition coefficient (Wildman–Crippen LogP) is -0.359. The Kier molecular flexibility index (Phi) is 3.53. The molecular formula is C9H8N4O5S. The lowest BCUT2D eigenvalue weighted by molar-refractivity contribution is 0.0696. The summed E-state index contributed by atoms with van der Waals surface area (Å²) in [5.74, 6) is -1.01. The first-order chi connectivity index (χ1) is 8.99. The molecule has 2 heterocycles. The van der Waals surface area contributed by atoms with Gasteiger partial charge in [-0.2, -0.15) is 4.98 Å². The minimum Gasteiger partial charge on any atom is -0.478 e. The van der Waals surface area contributed by atoms with Crippen molar-refractivity contribution in [3.05, 3.63) is 36.1 Å². The Hall–Kier alpha value is -2.33. The summed E-state index contributed by atoms with van der Waals surface area (Å²) in [6.07, 6.45) is 2.04. The van der Waals surface area contributed by atoms with Gasteiger partial charge in [0.2, 0.25) is 6.39 Å². The van der Waals surface area contributed by atoms with Gasteiger partial charge in [-0.25, -0.2) is 22.9 Å². The summed E-state index contributed by atoms with van der Waals surface area (Å²) < 4.78 is 30.3. The highest BCUT2D eigenvalue weighted by Gasteiger charge is 2.17. The Balaban J connectivity index is 2.13. The molecule has 2 N–H and O–H groups in total. The molecule has 100 valence electrons. The number of aromatic carboxylic acids is 1. The van der Waals surface area contributed by atoms with Crippen LogP contribution in [0.1, 0.15) is 16.2 Å². The maximum absolute atomic E-state index is 11.8. The molecule has 0 aliphatic rings. The highest BCUT2D eigenvalue weighted by molar-refractivity contribution is 7.89. The minimum atomic E-state index is -3.85. The molecule has 19 heavy (non-hydrogen) atoms. The fourth-order valence-electron chi connectivity index (χ4n) is 1.17. The van der Waals surface area contributed by atoms with Crippen molar-refractivity contribution in [1.82, 2.24) is 19.8 Å². The third-order valence-corrected chi connectivity index (χ3v) is 3.40. The molecule has 0 bridgehead atoms. The van der Waals surface area contributed by atoms with Crippen LogP contribution in [0.25, 0.3) is 0 Å². The van der Waals surface area contributed by atoms with E-state index in [0.29, 0.717) is 0 Å². The van der Waals surface area contributed by atoms with Crippen molar-refractivity contribution in [2.45, 2.75) is 11.6 Å². The summed E-state index contributed by atoms with van der Waals surface area (Å²) in [6.45, 7) is -0.152. The fraction of sp³-hybridized carbons (Fsp3) is 0.111. The number of hydrogen-bond donors (Lipinski definition) is 2. The van der Waals surface area contributed by atoms with E-state index in [1.807, 2.05) is 0 Å². The molecule has 0 aliphatic heterocycles. The standard InChI is InChI=1S/C9H8N4O5S/c14-9(15)6-1-2-8(10-3-6)19(16,17)12-4-7-11-5-18-13-7/h1-3,5,12H,4H2,(H,14,15). The number of carboxylic acid groups (broad SMARTS) is 1. The molecule has 0 amide bonds. The monoisotopic (exact) mass is 284 g/mol. The Morgan fingerprint density at radius 2 is 2.16 bits per heavy atom. The highest BCUT2D eigenvalue weighted by Crippen LogP contribution is 2.07. The topological polar surface area (TPSA) is 135 Å². The van der Waals surface area contributed by atoms with E-state index in [1.165, 1.54) is 0 Å². The molecule has 0 atom stereocenters. The summed E-state index contributed by atoms with van der Waals surface area (Å²) in [7, 11) is -3.85. The molecule has 0 fully saturated rings. The van der Waals surface area contributed by atoms with E-state index in [4.69, 9.17) is 5.11 Å². The van der Waals surface area contributed by atoms with Gasteiger partial charge in [0.15, 0.2) is 10.9 Å². The van der Waals surface area contributed by atoms with E-state index >= 15 is 0 Å². The summed E-state index contributed by atoms with van der Waals surface area (Å²) in [4.78, 5) is 17.8. The molecule has 0 saturated heterocycles. The smallest absolute Gasteiger partial charge is 0.337 e. The van der Waals surface area contributed by atoms with Gasteiger partial charge in [0.1, 0.15) is 0 Å². The van der Waals surface area contributed by atoms with Gasteiger partial charge in [-0.05, 0) is 12.1 Å². The number of nitrogens with one attached hydrogen (secondary N) is 1. The minimum absolute atomic E-state index is 0.0999. The normalized spacial score (nSPS) is 11.4. The summed E-state index contributed by atoms with van der Waals surface area (Å²) >= 11 is 0. The molecule has 2 rings (SSSR count). The van der Waals surface area contributed by atoms with Gasteiger partial charge in [-0.15, -0.1) is 0 Å². The third-order valence-electron chi connectivity index (χ3n) is 2.09. The molecule has 10 heteroatoms. The Morgan fingerprint density at radius 1 is 1.37 bits per heavy atom. The zero-order chi connectivity index (χ0) is 13.9. The third kappa shape index (κ3) is 3.11. The van der Waals surface area contributed by atoms with Crippen molar-refractivity contribution in [2.24, 2.45) is 0 Å². The van der Waals surface area contributed by atoms with E-state index in [9.17, 15) is 13.2 Å². The van der Waals surface area contributed by atoms with Crippen LogP contribution in [0, 0.1) is 0 Å². The lowest BCUT2D eigenvalue weighted by atomic mass is 10.3. The second kappa shape index (κ2) is 5.12. The van der Waals surface area contributed by atoms with E-state index in [-0.39, 0.29) is 23.0 Å². The van der Waals surface area contributed by atoms with Crippen LogP contribution in [0.2, 0.25) is 0 Å². The summed E-state index contributed by atoms with van der Waals surface area (Å²) in [5, 5.41) is 11.8. The van der Waals surface area contributed by atoms with Crippen molar-refractivity contribution in [2.75, 3.05) is 0 Å². The molecule has 0 spiro atoms. The van der Waals surface area contributed by atoms with E-state index in [2.05, 4.69) is 24.4 Å². The van der Waals surface area contributed by atoms with Crippen LogP contribution in [-0.4, -0.2) is 34.6 Å². The lowest BCUT2D eigenvalue weighted by Gasteiger charge is -2.03. The van der Waals surface area contributed by atoms with E-state index < -0.39 is 16.0 Å². The molecule has 0 aromatic carbocycles. The quantitative estimate of drug-likeness (QED) is 0.759.